The van der Waals surface area contributed by atoms with Crippen LogP contribution in [0.4, 0.5) is 5.82 Å². The summed E-state index contributed by atoms with van der Waals surface area (Å²) in [5.41, 5.74) is 3.76. The summed E-state index contributed by atoms with van der Waals surface area (Å²) in [5.74, 6) is 2.28. The lowest BCUT2D eigenvalue weighted by Gasteiger charge is -2.17. The number of thioether (sulfide) groups is 1. The maximum Gasteiger partial charge on any atom is 0.235 e. The number of rotatable bonds is 4. The van der Waals surface area contributed by atoms with Crippen LogP contribution in [0.25, 0.3) is 15.3 Å². The molecule has 158 valence electrons. The molecule has 0 saturated carbocycles. The standard InChI is InChI=1S/C22H20N4O3S2/c1-12-19-20(13-8-9-15(28-2)16(10-13)29-3)30-11-18(27)24-21(19)26(25-12)22-23-14-6-4-5-7-17(14)31-22/h4-10,20H,11H2,1-3H3,(H,24,27)/t20-/m1/s1. The van der Waals surface area contributed by atoms with Crippen LogP contribution in [0.15, 0.2) is 42.5 Å². The van der Waals surface area contributed by atoms with E-state index in [9.17, 15) is 4.79 Å². The molecule has 1 aliphatic heterocycles. The average Bonchev–Trinajstić information content (AvgIpc) is 3.29. The summed E-state index contributed by atoms with van der Waals surface area (Å²) < 4.78 is 13.7. The maximum absolute atomic E-state index is 12.6. The number of benzene rings is 2. The molecular formula is C22H20N4O3S2. The fraction of sp³-hybridized carbons (Fsp3) is 0.227. The number of fused-ring (bicyclic) bond motifs is 2. The minimum atomic E-state index is -0.0862. The minimum absolute atomic E-state index is 0.0588. The number of anilines is 1. The zero-order chi connectivity index (χ0) is 21.5. The van der Waals surface area contributed by atoms with E-state index in [2.05, 4.69) is 5.32 Å². The number of nitrogens with one attached hydrogen (secondary N) is 1. The molecule has 0 fully saturated rings. The molecule has 1 atom stereocenters. The fourth-order valence-corrected chi connectivity index (χ4v) is 5.85. The van der Waals surface area contributed by atoms with Gasteiger partial charge in [-0.25, -0.2) is 4.98 Å². The second-order valence-corrected chi connectivity index (χ2v) is 9.18. The molecule has 0 unspecified atom stereocenters. The fourth-order valence-electron chi connectivity index (χ4n) is 3.75. The molecule has 9 heteroatoms. The molecule has 0 saturated heterocycles. The summed E-state index contributed by atoms with van der Waals surface area (Å²) in [7, 11) is 3.24. The van der Waals surface area contributed by atoms with Gasteiger partial charge < -0.3 is 14.8 Å². The van der Waals surface area contributed by atoms with Crippen LogP contribution >= 0.6 is 23.1 Å². The molecule has 0 radical (unpaired) electrons. The molecule has 31 heavy (non-hydrogen) atoms. The van der Waals surface area contributed by atoms with Crippen LogP contribution in [0.1, 0.15) is 22.1 Å². The van der Waals surface area contributed by atoms with Gasteiger partial charge in [0.1, 0.15) is 5.82 Å². The second-order valence-electron chi connectivity index (χ2n) is 7.08. The number of methoxy groups -OCH3 is 2. The van der Waals surface area contributed by atoms with Gasteiger partial charge in [0, 0.05) is 5.56 Å². The van der Waals surface area contributed by atoms with Crippen molar-refractivity contribution < 1.29 is 14.3 Å². The highest BCUT2D eigenvalue weighted by Crippen LogP contribution is 2.46. The number of carbonyl (C=O) groups is 1. The number of amides is 1. The first-order valence-corrected chi connectivity index (χ1v) is 11.5. The van der Waals surface area contributed by atoms with Crippen molar-refractivity contribution in [3.05, 3.63) is 59.3 Å². The molecule has 5 rings (SSSR count). The lowest BCUT2D eigenvalue weighted by atomic mass is 10.0. The van der Waals surface area contributed by atoms with Gasteiger partial charge in [0.25, 0.3) is 0 Å². The highest BCUT2D eigenvalue weighted by Gasteiger charge is 2.31. The number of hydrogen-bond acceptors (Lipinski definition) is 7. The van der Waals surface area contributed by atoms with Crippen LogP contribution in [0, 0.1) is 6.92 Å². The second kappa shape index (κ2) is 7.90. The Labute approximate surface area is 187 Å². The van der Waals surface area contributed by atoms with E-state index < -0.39 is 0 Å². The van der Waals surface area contributed by atoms with Crippen LogP contribution in [-0.2, 0) is 4.79 Å². The van der Waals surface area contributed by atoms with Gasteiger partial charge in [-0.1, -0.05) is 29.5 Å². The molecule has 0 spiro atoms. The molecule has 0 bridgehead atoms. The lowest BCUT2D eigenvalue weighted by Crippen LogP contribution is -2.15. The third kappa shape index (κ3) is 3.43. The number of aryl methyl sites for hydroxylation is 1. The van der Waals surface area contributed by atoms with Crippen LogP contribution in [0.5, 0.6) is 11.5 Å². The van der Waals surface area contributed by atoms with E-state index in [0.717, 1.165) is 32.2 Å². The van der Waals surface area contributed by atoms with Crippen LogP contribution < -0.4 is 14.8 Å². The Morgan fingerprint density at radius 2 is 1.94 bits per heavy atom. The van der Waals surface area contributed by atoms with Crippen molar-refractivity contribution in [1.29, 1.82) is 0 Å². The van der Waals surface area contributed by atoms with Gasteiger partial charge in [0.05, 0.1) is 41.1 Å². The Bertz CT molecular complexity index is 1260. The molecular weight excluding hydrogens is 432 g/mol. The highest BCUT2D eigenvalue weighted by molar-refractivity contribution is 8.00. The van der Waals surface area contributed by atoms with Gasteiger partial charge in [0.15, 0.2) is 11.5 Å². The number of para-hydroxylation sites is 1. The van der Waals surface area contributed by atoms with E-state index >= 15 is 0 Å². The predicted octanol–water partition coefficient (Wildman–Crippen LogP) is 4.58. The van der Waals surface area contributed by atoms with Gasteiger partial charge in [-0.2, -0.15) is 9.78 Å². The van der Waals surface area contributed by atoms with E-state index in [-0.39, 0.29) is 11.2 Å². The van der Waals surface area contributed by atoms with Gasteiger partial charge in [-0.15, -0.1) is 11.8 Å². The zero-order valence-corrected chi connectivity index (χ0v) is 18.8. The molecule has 2 aromatic carbocycles. The zero-order valence-electron chi connectivity index (χ0n) is 17.2. The summed E-state index contributed by atoms with van der Waals surface area (Å²) in [6.45, 7) is 1.97. The Kier molecular flexibility index (Phi) is 5.07. The normalized spacial score (nSPS) is 16.0. The third-order valence-electron chi connectivity index (χ3n) is 5.18. The first-order chi connectivity index (χ1) is 15.1. The molecule has 1 amide bonds. The quantitative estimate of drug-likeness (QED) is 0.488. The summed E-state index contributed by atoms with van der Waals surface area (Å²) in [6.07, 6.45) is 0. The predicted molar refractivity (Wildman–Crippen MR) is 124 cm³/mol. The monoisotopic (exact) mass is 452 g/mol. The minimum Gasteiger partial charge on any atom is -0.493 e. The molecule has 0 aliphatic carbocycles. The molecule has 1 aliphatic rings. The van der Waals surface area contributed by atoms with Crippen molar-refractivity contribution in [1.82, 2.24) is 14.8 Å². The number of aromatic nitrogens is 3. The summed E-state index contributed by atoms with van der Waals surface area (Å²) in [4.78, 5) is 17.3. The van der Waals surface area contributed by atoms with Crippen molar-refractivity contribution in [2.45, 2.75) is 12.2 Å². The van der Waals surface area contributed by atoms with Crippen LogP contribution in [-0.4, -0.2) is 40.6 Å². The molecule has 1 N–H and O–H groups in total. The maximum atomic E-state index is 12.6. The third-order valence-corrected chi connectivity index (χ3v) is 7.46. The first-order valence-electron chi connectivity index (χ1n) is 9.68. The Morgan fingerprint density at radius 3 is 2.71 bits per heavy atom. The largest absolute Gasteiger partial charge is 0.493 e. The van der Waals surface area contributed by atoms with Gasteiger partial charge in [0.2, 0.25) is 11.0 Å². The highest BCUT2D eigenvalue weighted by atomic mass is 32.2. The number of nitrogens with zero attached hydrogens (tertiary/aromatic N) is 3. The summed E-state index contributed by atoms with van der Waals surface area (Å²) >= 11 is 3.12. The van der Waals surface area contributed by atoms with Crippen LogP contribution in [0.2, 0.25) is 0 Å². The molecule has 2 aromatic heterocycles. The average molecular weight is 453 g/mol. The summed E-state index contributed by atoms with van der Waals surface area (Å²) in [6, 6.07) is 13.8. The molecule has 3 heterocycles. The SMILES string of the molecule is COc1ccc([C@H]2SCC(=O)Nc3c2c(C)nn3-c2nc3ccccc3s2)cc1OC. The summed E-state index contributed by atoms with van der Waals surface area (Å²) in [5, 5.41) is 8.46. The number of carbonyl (C=O) groups excluding carboxylic acids is 1. The van der Waals surface area contributed by atoms with Crippen molar-refractivity contribution in [3.8, 4) is 16.6 Å². The first kappa shape index (κ1) is 19.9. The van der Waals surface area contributed by atoms with Crippen molar-refractivity contribution in [2.75, 3.05) is 25.3 Å². The van der Waals surface area contributed by atoms with Crippen LogP contribution in [0.3, 0.4) is 0 Å². The molecule has 7 nitrogen and oxygen atoms in total. The van der Waals surface area contributed by atoms with Gasteiger partial charge in [-0.3, -0.25) is 4.79 Å². The number of thiazole rings is 1. The van der Waals surface area contributed by atoms with E-state index in [1.807, 2.05) is 49.4 Å². The Morgan fingerprint density at radius 1 is 1.13 bits per heavy atom. The van der Waals surface area contributed by atoms with E-state index in [1.165, 1.54) is 0 Å². The smallest absolute Gasteiger partial charge is 0.235 e. The lowest BCUT2D eigenvalue weighted by molar-refractivity contribution is -0.113. The van der Waals surface area contributed by atoms with E-state index in [4.69, 9.17) is 19.6 Å². The number of ether oxygens (including phenoxy) is 2. The van der Waals surface area contributed by atoms with Gasteiger partial charge in [-0.05, 0) is 36.8 Å². The molecule has 4 aromatic rings. The Hall–Kier alpha value is -3.04. The van der Waals surface area contributed by atoms with Crippen molar-refractivity contribution >= 4 is 45.0 Å². The number of hydrogen-bond donors (Lipinski definition) is 1. The van der Waals surface area contributed by atoms with E-state index in [0.29, 0.717) is 23.1 Å². The van der Waals surface area contributed by atoms with E-state index in [1.54, 1.807) is 42.0 Å². The topological polar surface area (TPSA) is 78.3 Å². The van der Waals surface area contributed by atoms with Crippen molar-refractivity contribution in [3.63, 3.8) is 0 Å². The van der Waals surface area contributed by atoms with Gasteiger partial charge >= 0.3 is 0 Å². The Balaban J connectivity index is 1.66. The van der Waals surface area contributed by atoms with Crippen molar-refractivity contribution in [2.24, 2.45) is 0 Å².